The number of rotatable bonds is 4. The zero-order chi connectivity index (χ0) is 14.0. The molecule has 1 aromatic carbocycles. The van der Waals surface area contributed by atoms with Crippen LogP contribution in [0.15, 0.2) is 35.5 Å². The number of sulfone groups is 1. The van der Waals surface area contributed by atoms with Gasteiger partial charge in [0.25, 0.3) is 0 Å². The summed E-state index contributed by atoms with van der Waals surface area (Å²) in [5, 5.41) is 0. The van der Waals surface area contributed by atoms with Crippen LogP contribution in [0.2, 0.25) is 0 Å². The van der Waals surface area contributed by atoms with Crippen LogP contribution in [-0.4, -0.2) is 23.7 Å². The molecule has 2 aromatic rings. The molecule has 2 rings (SSSR count). The maximum absolute atomic E-state index is 13.1. The number of aromatic nitrogens is 2. The quantitative estimate of drug-likeness (QED) is 0.860. The van der Waals surface area contributed by atoms with Gasteiger partial charge in [-0.2, -0.15) is 0 Å². The smallest absolute Gasteiger partial charge is 0.182 e. The minimum atomic E-state index is -3.62. The molecule has 0 amide bonds. The van der Waals surface area contributed by atoms with Gasteiger partial charge in [0, 0.05) is 18.9 Å². The number of nitrogen functional groups attached to an aromatic ring is 1. The number of nitrogens with two attached hydrogens (primary N) is 1. The van der Waals surface area contributed by atoms with E-state index in [-0.39, 0.29) is 22.9 Å². The first kappa shape index (κ1) is 13.5. The van der Waals surface area contributed by atoms with Gasteiger partial charge in [-0.1, -0.05) is 0 Å². The predicted octanol–water partition coefficient (Wildman–Crippen LogP) is 1.39. The molecule has 7 heteroatoms. The average molecular weight is 283 g/mol. The maximum Gasteiger partial charge on any atom is 0.182 e. The van der Waals surface area contributed by atoms with Gasteiger partial charge >= 0.3 is 0 Å². The molecule has 0 saturated carbocycles. The zero-order valence-corrected chi connectivity index (χ0v) is 11.2. The summed E-state index contributed by atoms with van der Waals surface area (Å²) in [4.78, 5) is 3.84. The third-order valence-electron chi connectivity index (χ3n) is 2.84. The summed E-state index contributed by atoms with van der Waals surface area (Å²) in [6.07, 6.45) is 3.29. The van der Waals surface area contributed by atoms with E-state index < -0.39 is 15.7 Å². The Kier molecular flexibility index (Phi) is 3.57. The van der Waals surface area contributed by atoms with Gasteiger partial charge in [-0.15, -0.1) is 0 Å². The van der Waals surface area contributed by atoms with Crippen LogP contribution in [0.4, 0.5) is 10.1 Å². The number of benzene rings is 1. The first-order valence-corrected chi connectivity index (χ1v) is 7.31. The number of aryl methyl sites for hydroxylation is 2. The number of hydrogen-bond acceptors (Lipinski definition) is 4. The SMILES string of the molecule is Cc1nccn1CCS(=O)(=O)c1cc(F)ccc1N. The fourth-order valence-electron chi connectivity index (χ4n) is 1.75. The Morgan fingerprint density at radius 3 is 2.79 bits per heavy atom. The highest BCUT2D eigenvalue weighted by molar-refractivity contribution is 7.91. The van der Waals surface area contributed by atoms with Crippen molar-refractivity contribution in [2.24, 2.45) is 0 Å². The molecule has 1 aromatic heterocycles. The fraction of sp³-hybridized carbons (Fsp3) is 0.250. The van der Waals surface area contributed by atoms with E-state index in [4.69, 9.17) is 5.73 Å². The third kappa shape index (κ3) is 2.93. The highest BCUT2D eigenvalue weighted by atomic mass is 32.2. The van der Waals surface area contributed by atoms with Crippen molar-refractivity contribution >= 4 is 15.5 Å². The second kappa shape index (κ2) is 5.00. The molecule has 0 radical (unpaired) electrons. The second-order valence-electron chi connectivity index (χ2n) is 4.17. The molecule has 5 nitrogen and oxygen atoms in total. The van der Waals surface area contributed by atoms with E-state index >= 15 is 0 Å². The standard InChI is InChI=1S/C12H14FN3O2S/c1-9-15-4-5-16(9)6-7-19(17,18)12-8-10(13)2-3-11(12)14/h2-5,8H,6-7,14H2,1H3. The molecule has 0 fully saturated rings. The minimum Gasteiger partial charge on any atom is -0.398 e. The molecular weight excluding hydrogens is 269 g/mol. The minimum absolute atomic E-state index is 0.0590. The molecule has 0 spiro atoms. The lowest BCUT2D eigenvalue weighted by Gasteiger charge is -2.09. The predicted molar refractivity (Wildman–Crippen MR) is 69.8 cm³/mol. The zero-order valence-electron chi connectivity index (χ0n) is 10.4. The monoisotopic (exact) mass is 283 g/mol. The summed E-state index contributed by atoms with van der Waals surface area (Å²) in [6.45, 7) is 2.04. The fourth-order valence-corrected chi connectivity index (χ4v) is 3.12. The molecule has 0 atom stereocenters. The number of halogens is 1. The lowest BCUT2D eigenvalue weighted by atomic mass is 10.3. The lowest BCUT2D eigenvalue weighted by molar-refractivity contribution is 0.584. The molecule has 2 N–H and O–H groups in total. The van der Waals surface area contributed by atoms with Crippen molar-refractivity contribution in [1.29, 1.82) is 0 Å². The van der Waals surface area contributed by atoms with Crippen molar-refractivity contribution in [1.82, 2.24) is 9.55 Å². The average Bonchev–Trinajstić information content (AvgIpc) is 2.75. The van der Waals surface area contributed by atoms with Crippen LogP contribution >= 0.6 is 0 Å². The number of nitrogens with zero attached hydrogens (tertiary/aromatic N) is 2. The second-order valence-corrected chi connectivity index (χ2v) is 6.25. The molecule has 0 aliphatic rings. The Morgan fingerprint density at radius 2 is 2.16 bits per heavy atom. The summed E-state index contributed by atoms with van der Waals surface area (Å²) >= 11 is 0. The van der Waals surface area contributed by atoms with Crippen LogP contribution in [0, 0.1) is 12.7 Å². The van der Waals surface area contributed by atoms with Crippen LogP contribution in [0.25, 0.3) is 0 Å². The van der Waals surface area contributed by atoms with Gasteiger partial charge < -0.3 is 10.3 Å². The van der Waals surface area contributed by atoms with E-state index in [1.807, 2.05) is 0 Å². The molecule has 1 heterocycles. The third-order valence-corrected chi connectivity index (χ3v) is 4.58. The van der Waals surface area contributed by atoms with Gasteiger partial charge in [-0.25, -0.2) is 17.8 Å². The molecule has 0 unspecified atom stereocenters. The van der Waals surface area contributed by atoms with E-state index in [1.165, 1.54) is 6.07 Å². The summed E-state index contributed by atoms with van der Waals surface area (Å²) in [7, 11) is -3.62. The molecule has 19 heavy (non-hydrogen) atoms. The first-order valence-electron chi connectivity index (χ1n) is 5.65. The van der Waals surface area contributed by atoms with Crippen molar-refractivity contribution in [2.45, 2.75) is 18.4 Å². The molecule has 0 saturated heterocycles. The van der Waals surface area contributed by atoms with E-state index in [9.17, 15) is 12.8 Å². The molecule has 0 aliphatic carbocycles. The Balaban J connectivity index is 2.23. The van der Waals surface area contributed by atoms with Crippen LogP contribution in [-0.2, 0) is 16.4 Å². The normalized spacial score (nSPS) is 11.7. The Hall–Kier alpha value is -1.89. The van der Waals surface area contributed by atoms with Crippen molar-refractivity contribution in [2.75, 3.05) is 11.5 Å². The number of hydrogen-bond donors (Lipinski definition) is 1. The van der Waals surface area contributed by atoms with Crippen LogP contribution in [0.1, 0.15) is 5.82 Å². The summed E-state index contributed by atoms with van der Waals surface area (Å²) in [6, 6.07) is 3.34. The highest BCUT2D eigenvalue weighted by Crippen LogP contribution is 2.21. The van der Waals surface area contributed by atoms with E-state index in [0.717, 1.165) is 18.0 Å². The highest BCUT2D eigenvalue weighted by Gasteiger charge is 2.18. The van der Waals surface area contributed by atoms with E-state index in [1.54, 1.807) is 23.9 Å². The van der Waals surface area contributed by atoms with E-state index in [2.05, 4.69) is 4.98 Å². The molecule has 0 bridgehead atoms. The molecule has 102 valence electrons. The van der Waals surface area contributed by atoms with Gasteiger partial charge in [0.1, 0.15) is 11.6 Å². The van der Waals surface area contributed by atoms with Crippen LogP contribution < -0.4 is 5.73 Å². The summed E-state index contributed by atoms with van der Waals surface area (Å²) < 4.78 is 39.1. The van der Waals surface area contributed by atoms with Crippen molar-refractivity contribution in [3.63, 3.8) is 0 Å². The lowest BCUT2D eigenvalue weighted by Crippen LogP contribution is -2.15. The first-order chi connectivity index (χ1) is 8.90. The summed E-state index contributed by atoms with van der Waals surface area (Å²) in [5.41, 5.74) is 5.65. The molecule has 0 aliphatic heterocycles. The van der Waals surface area contributed by atoms with E-state index in [0.29, 0.717) is 0 Å². The van der Waals surface area contributed by atoms with Gasteiger partial charge in [-0.05, 0) is 25.1 Å². The summed E-state index contributed by atoms with van der Waals surface area (Å²) in [5.74, 6) is -0.0494. The van der Waals surface area contributed by atoms with Gasteiger partial charge in [0.2, 0.25) is 0 Å². The maximum atomic E-state index is 13.1. The van der Waals surface area contributed by atoms with Crippen molar-refractivity contribution < 1.29 is 12.8 Å². The van der Waals surface area contributed by atoms with Crippen LogP contribution in [0.5, 0.6) is 0 Å². The Bertz CT molecular complexity index is 695. The van der Waals surface area contributed by atoms with Crippen LogP contribution in [0.3, 0.4) is 0 Å². The van der Waals surface area contributed by atoms with Gasteiger partial charge in [0.15, 0.2) is 9.84 Å². The van der Waals surface area contributed by atoms with Crippen molar-refractivity contribution in [3.05, 3.63) is 42.2 Å². The Labute approximate surface area is 110 Å². The largest absolute Gasteiger partial charge is 0.398 e. The topological polar surface area (TPSA) is 78.0 Å². The van der Waals surface area contributed by atoms with Crippen molar-refractivity contribution in [3.8, 4) is 0 Å². The molecular formula is C12H14FN3O2S. The number of imidazole rings is 1. The van der Waals surface area contributed by atoms with Gasteiger partial charge in [-0.3, -0.25) is 0 Å². The van der Waals surface area contributed by atoms with Gasteiger partial charge in [0.05, 0.1) is 16.3 Å². The number of anilines is 1. The Morgan fingerprint density at radius 1 is 1.42 bits per heavy atom.